The number of halogens is 1. The fourth-order valence-electron chi connectivity index (χ4n) is 2.34. The van der Waals surface area contributed by atoms with Crippen molar-refractivity contribution in [3.05, 3.63) is 53.6 Å². The summed E-state index contributed by atoms with van der Waals surface area (Å²) in [5, 5.41) is 3.47. The molecule has 1 amide bonds. The van der Waals surface area contributed by atoms with Gasteiger partial charge in [-0.05, 0) is 31.5 Å². The molecule has 0 bridgehead atoms. The van der Waals surface area contributed by atoms with Crippen LogP contribution >= 0.6 is 11.6 Å². The van der Waals surface area contributed by atoms with Crippen LogP contribution in [0.15, 0.2) is 43.0 Å². The van der Waals surface area contributed by atoms with E-state index < -0.39 is 11.6 Å². The molecule has 128 valence electrons. The van der Waals surface area contributed by atoms with Crippen molar-refractivity contribution >= 4 is 23.5 Å². The molecule has 0 saturated heterocycles. The smallest absolute Gasteiger partial charge is 0.303 e. The van der Waals surface area contributed by atoms with Crippen LogP contribution in [0.25, 0.3) is 0 Å². The lowest BCUT2D eigenvalue weighted by atomic mass is 10.1. The topological polar surface area (TPSA) is 73.2 Å². The largest absolute Gasteiger partial charge is 0.450 e. The van der Waals surface area contributed by atoms with Crippen LogP contribution in [-0.4, -0.2) is 33.6 Å². The molecular formula is C17H20ClN3O3. The average Bonchev–Trinajstić information content (AvgIpc) is 3.01. The number of imidazole rings is 1. The lowest BCUT2D eigenvalue weighted by Gasteiger charge is -2.26. The first kappa shape index (κ1) is 18.0. The van der Waals surface area contributed by atoms with Gasteiger partial charge in [-0.2, -0.15) is 0 Å². The average molecular weight is 350 g/mol. The molecule has 0 saturated carbocycles. The molecule has 2 aromatic rings. The lowest BCUT2D eigenvalue weighted by Crippen LogP contribution is -2.46. The van der Waals surface area contributed by atoms with Crippen molar-refractivity contribution < 1.29 is 14.3 Å². The first-order chi connectivity index (χ1) is 11.3. The van der Waals surface area contributed by atoms with Crippen LogP contribution in [0.3, 0.4) is 0 Å². The Bertz CT molecular complexity index is 696. The maximum Gasteiger partial charge on any atom is 0.303 e. The molecule has 0 radical (unpaired) electrons. The van der Waals surface area contributed by atoms with Crippen LogP contribution in [0.2, 0.25) is 5.02 Å². The zero-order valence-electron chi connectivity index (χ0n) is 13.8. The van der Waals surface area contributed by atoms with E-state index in [-0.39, 0.29) is 11.9 Å². The molecule has 0 aliphatic carbocycles. The van der Waals surface area contributed by atoms with Crippen LogP contribution in [-0.2, 0) is 14.3 Å². The Hall–Kier alpha value is -2.34. The van der Waals surface area contributed by atoms with E-state index in [9.17, 15) is 9.59 Å². The second-order valence-electron chi connectivity index (χ2n) is 5.89. The summed E-state index contributed by atoms with van der Waals surface area (Å²) in [6, 6.07) is 7.24. The Labute approximate surface area is 145 Å². The zero-order chi connectivity index (χ0) is 17.7. The number of amides is 1. The third-order valence-corrected chi connectivity index (χ3v) is 3.79. The van der Waals surface area contributed by atoms with Crippen LogP contribution < -0.4 is 5.32 Å². The lowest BCUT2D eigenvalue weighted by molar-refractivity contribution is -0.162. The van der Waals surface area contributed by atoms with Crippen molar-refractivity contribution in [1.82, 2.24) is 14.9 Å². The highest BCUT2D eigenvalue weighted by molar-refractivity contribution is 6.30. The second-order valence-corrected chi connectivity index (χ2v) is 6.33. The van der Waals surface area contributed by atoms with Crippen molar-refractivity contribution in [2.24, 2.45) is 0 Å². The molecule has 6 nitrogen and oxygen atoms in total. The highest BCUT2D eigenvalue weighted by Gasteiger charge is 2.31. The number of nitrogens with one attached hydrogen (secondary N) is 1. The summed E-state index contributed by atoms with van der Waals surface area (Å²) >= 11 is 5.94. The van der Waals surface area contributed by atoms with Crippen molar-refractivity contribution in [3.63, 3.8) is 0 Å². The molecule has 2 rings (SSSR count). The standard InChI is InChI=1S/C17H20ClN3O3/c1-12(22)24-17(2,3)16(23)20-10-15(21-9-8-19-11-21)13-4-6-14(18)7-5-13/h4-9,11,15H,10H2,1-3H3,(H,20,23)/t15-/m1/s1. The van der Waals surface area contributed by atoms with Gasteiger partial charge in [-0.25, -0.2) is 4.98 Å². The monoisotopic (exact) mass is 349 g/mol. The summed E-state index contributed by atoms with van der Waals surface area (Å²) in [5.41, 5.74) is -0.256. The number of benzene rings is 1. The van der Waals surface area contributed by atoms with E-state index in [0.717, 1.165) is 5.56 Å². The highest BCUT2D eigenvalue weighted by atomic mass is 35.5. The van der Waals surface area contributed by atoms with Crippen LogP contribution in [0.4, 0.5) is 0 Å². The molecule has 0 spiro atoms. The normalized spacial score (nSPS) is 12.5. The number of carbonyl (C=O) groups is 2. The Morgan fingerprint density at radius 2 is 2.00 bits per heavy atom. The zero-order valence-corrected chi connectivity index (χ0v) is 14.6. The Morgan fingerprint density at radius 1 is 1.33 bits per heavy atom. The van der Waals surface area contributed by atoms with Gasteiger partial charge in [0, 0.05) is 30.9 Å². The minimum Gasteiger partial charge on any atom is -0.450 e. The van der Waals surface area contributed by atoms with Crippen molar-refractivity contribution in [2.45, 2.75) is 32.4 Å². The van der Waals surface area contributed by atoms with E-state index in [4.69, 9.17) is 16.3 Å². The number of rotatable bonds is 6. The fourth-order valence-corrected chi connectivity index (χ4v) is 2.47. The fraction of sp³-hybridized carbons (Fsp3) is 0.353. The summed E-state index contributed by atoms with van der Waals surface area (Å²) in [6.45, 7) is 4.70. The van der Waals surface area contributed by atoms with Gasteiger partial charge in [0.2, 0.25) is 0 Å². The molecule has 1 atom stereocenters. The van der Waals surface area contributed by atoms with Crippen LogP contribution in [0.1, 0.15) is 32.4 Å². The number of carbonyl (C=O) groups excluding carboxylic acids is 2. The molecule has 1 heterocycles. The molecule has 0 fully saturated rings. The van der Waals surface area contributed by atoms with Gasteiger partial charge in [-0.15, -0.1) is 0 Å². The molecule has 1 N–H and O–H groups in total. The number of hydrogen-bond donors (Lipinski definition) is 1. The van der Waals surface area contributed by atoms with Crippen molar-refractivity contribution in [2.75, 3.05) is 6.54 Å². The summed E-state index contributed by atoms with van der Waals surface area (Å²) in [5.74, 6) is -0.865. The summed E-state index contributed by atoms with van der Waals surface area (Å²) < 4.78 is 6.95. The van der Waals surface area contributed by atoms with Crippen LogP contribution in [0.5, 0.6) is 0 Å². The van der Waals surface area contributed by atoms with E-state index in [2.05, 4.69) is 10.3 Å². The maximum atomic E-state index is 12.3. The number of hydrogen-bond acceptors (Lipinski definition) is 4. The molecule has 1 aromatic carbocycles. The van der Waals surface area contributed by atoms with Gasteiger partial charge in [-0.1, -0.05) is 23.7 Å². The Balaban J connectivity index is 2.14. The molecule has 24 heavy (non-hydrogen) atoms. The predicted molar refractivity (Wildman–Crippen MR) is 90.7 cm³/mol. The Morgan fingerprint density at radius 3 is 2.54 bits per heavy atom. The number of nitrogens with zero attached hydrogens (tertiary/aromatic N) is 2. The SMILES string of the molecule is CC(=O)OC(C)(C)C(=O)NC[C@H](c1ccc(Cl)cc1)n1ccnc1. The van der Waals surface area contributed by atoms with E-state index >= 15 is 0 Å². The molecule has 0 aliphatic heterocycles. The molecule has 0 unspecified atom stereocenters. The van der Waals surface area contributed by atoms with Gasteiger partial charge in [0.25, 0.3) is 5.91 Å². The van der Waals surface area contributed by atoms with Gasteiger partial charge in [0.05, 0.1) is 12.4 Å². The summed E-state index contributed by atoms with van der Waals surface area (Å²) in [7, 11) is 0. The second kappa shape index (κ2) is 7.49. The van der Waals surface area contributed by atoms with Crippen molar-refractivity contribution in [3.8, 4) is 0 Å². The molecular weight excluding hydrogens is 330 g/mol. The number of ether oxygens (including phenoxy) is 1. The molecule has 7 heteroatoms. The third kappa shape index (κ3) is 4.58. The van der Waals surface area contributed by atoms with Crippen molar-refractivity contribution in [1.29, 1.82) is 0 Å². The quantitative estimate of drug-likeness (QED) is 0.813. The van der Waals surface area contributed by atoms with E-state index in [1.54, 1.807) is 38.5 Å². The first-order valence-corrected chi connectivity index (χ1v) is 7.88. The van der Waals surface area contributed by atoms with E-state index in [1.165, 1.54) is 6.92 Å². The number of aromatic nitrogens is 2. The van der Waals surface area contributed by atoms with Gasteiger partial charge in [-0.3, -0.25) is 9.59 Å². The first-order valence-electron chi connectivity index (χ1n) is 7.50. The van der Waals surface area contributed by atoms with E-state index in [1.807, 2.05) is 22.9 Å². The van der Waals surface area contributed by atoms with Gasteiger partial charge < -0.3 is 14.6 Å². The van der Waals surface area contributed by atoms with Gasteiger partial charge in [0.1, 0.15) is 0 Å². The third-order valence-electron chi connectivity index (χ3n) is 3.54. The minimum atomic E-state index is -1.23. The van der Waals surface area contributed by atoms with E-state index in [0.29, 0.717) is 11.6 Å². The summed E-state index contributed by atoms with van der Waals surface area (Å²) in [6.07, 6.45) is 5.18. The Kier molecular flexibility index (Phi) is 5.62. The number of esters is 1. The van der Waals surface area contributed by atoms with Gasteiger partial charge in [0.15, 0.2) is 5.60 Å². The predicted octanol–water partition coefficient (Wildman–Crippen LogP) is 2.58. The molecule has 0 aliphatic rings. The minimum absolute atomic E-state index is 0.151. The highest BCUT2D eigenvalue weighted by Crippen LogP contribution is 2.20. The van der Waals surface area contributed by atoms with Crippen LogP contribution in [0, 0.1) is 0 Å². The summed E-state index contributed by atoms with van der Waals surface area (Å²) in [4.78, 5) is 27.5. The maximum absolute atomic E-state index is 12.3. The molecule has 1 aromatic heterocycles. The van der Waals surface area contributed by atoms with Gasteiger partial charge >= 0.3 is 5.97 Å².